The lowest BCUT2D eigenvalue weighted by Gasteiger charge is -2.41. The van der Waals surface area contributed by atoms with E-state index in [4.69, 9.17) is 21.4 Å². The fourth-order valence-corrected chi connectivity index (χ4v) is 7.07. The number of hydrogen-bond donors (Lipinski definition) is 1. The SMILES string of the molecule is O=C(OCC1CCCC(c2cccc(C(F)(F)F)c2)N1S(=O)(=O)c1ccc(Cl)cc1)N1CCN(CCO)CC1. The third-order valence-corrected chi connectivity index (χ3v) is 9.34. The lowest BCUT2D eigenvalue weighted by molar-refractivity contribution is -0.137. The van der Waals surface area contributed by atoms with Gasteiger partial charge in [0.25, 0.3) is 0 Å². The van der Waals surface area contributed by atoms with E-state index in [1.165, 1.54) is 45.6 Å². The molecule has 0 spiro atoms. The number of carbonyl (C=O) groups is 1. The Morgan fingerprint density at radius 1 is 1.05 bits per heavy atom. The number of carbonyl (C=O) groups excluding carboxylic acids is 1. The second-order valence-corrected chi connectivity index (χ2v) is 11.9. The number of nitrogens with zero attached hydrogens (tertiary/aromatic N) is 3. The van der Waals surface area contributed by atoms with Gasteiger partial charge in [0.05, 0.1) is 29.1 Å². The number of alkyl halides is 3. The van der Waals surface area contributed by atoms with Gasteiger partial charge in [-0.1, -0.05) is 23.7 Å². The predicted octanol–water partition coefficient (Wildman–Crippen LogP) is 4.39. The summed E-state index contributed by atoms with van der Waals surface area (Å²) in [7, 11) is -4.20. The molecule has 39 heavy (non-hydrogen) atoms. The minimum Gasteiger partial charge on any atom is -0.448 e. The van der Waals surface area contributed by atoms with E-state index in [0.717, 1.165) is 12.1 Å². The highest BCUT2D eigenvalue weighted by atomic mass is 35.5. The van der Waals surface area contributed by atoms with E-state index in [1.807, 2.05) is 4.90 Å². The maximum atomic E-state index is 13.9. The minimum absolute atomic E-state index is 0.0249. The molecule has 2 aromatic carbocycles. The van der Waals surface area contributed by atoms with Gasteiger partial charge in [-0.25, -0.2) is 13.2 Å². The van der Waals surface area contributed by atoms with Gasteiger partial charge in [0, 0.05) is 37.7 Å². The average molecular weight is 590 g/mol. The highest BCUT2D eigenvalue weighted by Crippen LogP contribution is 2.41. The molecule has 0 radical (unpaired) electrons. The number of piperidine rings is 1. The summed E-state index contributed by atoms with van der Waals surface area (Å²) in [6.45, 7) is 2.27. The highest BCUT2D eigenvalue weighted by Gasteiger charge is 2.42. The van der Waals surface area contributed by atoms with E-state index in [9.17, 15) is 26.4 Å². The fourth-order valence-electron chi connectivity index (χ4n) is 5.09. The number of sulfonamides is 1. The molecule has 2 unspecified atom stereocenters. The molecular weight excluding hydrogens is 559 g/mol. The molecule has 0 aliphatic carbocycles. The van der Waals surface area contributed by atoms with Crippen LogP contribution in [0.5, 0.6) is 0 Å². The molecule has 13 heteroatoms. The first kappa shape index (κ1) is 29.6. The largest absolute Gasteiger partial charge is 0.448 e. The molecule has 2 aliphatic heterocycles. The van der Waals surface area contributed by atoms with Crippen molar-refractivity contribution in [2.24, 2.45) is 0 Å². The van der Waals surface area contributed by atoms with E-state index in [0.29, 0.717) is 57.0 Å². The molecule has 2 heterocycles. The van der Waals surface area contributed by atoms with Gasteiger partial charge < -0.3 is 14.7 Å². The summed E-state index contributed by atoms with van der Waals surface area (Å²) in [4.78, 5) is 16.3. The van der Waals surface area contributed by atoms with E-state index >= 15 is 0 Å². The topological polar surface area (TPSA) is 90.4 Å². The van der Waals surface area contributed by atoms with E-state index < -0.39 is 39.9 Å². The van der Waals surface area contributed by atoms with Crippen LogP contribution in [0.25, 0.3) is 0 Å². The Morgan fingerprint density at radius 3 is 2.38 bits per heavy atom. The molecule has 0 aromatic heterocycles. The average Bonchev–Trinajstić information content (AvgIpc) is 2.92. The van der Waals surface area contributed by atoms with Crippen LogP contribution in [0.15, 0.2) is 53.4 Å². The lowest BCUT2D eigenvalue weighted by Crippen LogP contribution is -2.51. The third kappa shape index (κ3) is 7.04. The van der Waals surface area contributed by atoms with Gasteiger partial charge in [0.2, 0.25) is 10.0 Å². The Hall–Kier alpha value is -2.38. The highest BCUT2D eigenvalue weighted by molar-refractivity contribution is 7.89. The molecule has 2 saturated heterocycles. The number of benzene rings is 2. The molecular formula is C26H31ClF3N3O5S. The van der Waals surface area contributed by atoms with Crippen molar-refractivity contribution < 1.29 is 36.2 Å². The quantitative estimate of drug-likeness (QED) is 0.515. The van der Waals surface area contributed by atoms with Crippen LogP contribution in [0, 0.1) is 0 Å². The van der Waals surface area contributed by atoms with Gasteiger partial charge >= 0.3 is 12.3 Å². The Kier molecular flexibility index (Phi) is 9.43. The van der Waals surface area contributed by atoms with Gasteiger partial charge in [-0.3, -0.25) is 4.90 Å². The second-order valence-electron chi connectivity index (χ2n) is 9.64. The molecule has 2 aliphatic rings. The number of aliphatic hydroxyl groups excluding tert-OH is 1. The number of β-amino-alcohol motifs (C(OH)–C–C–N with tert-alkyl or cyclic N) is 1. The maximum Gasteiger partial charge on any atom is 0.416 e. The Balaban J connectivity index is 1.59. The van der Waals surface area contributed by atoms with Crippen molar-refractivity contribution in [3.8, 4) is 0 Å². The molecule has 1 N–H and O–H groups in total. The van der Waals surface area contributed by atoms with Crippen molar-refractivity contribution in [2.45, 2.75) is 42.4 Å². The van der Waals surface area contributed by atoms with E-state index in [1.54, 1.807) is 0 Å². The first-order chi connectivity index (χ1) is 18.5. The zero-order valence-corrected chi connectivity index (χ0v) is 22.8. The monoisotopic (exact) mass is 589 g/mol. The molecule has 2 aromatic rings. The Morgan fingerprint density at radius 2 is 1.74 bits per heavy atom. The molecule has 8 nitrogen and oxygen atoms in total. The number of rotatable bonds is 7. The van der Waals surface area contributed by atoms with Crippen molar-refractivity contribution in [3.63, 3.8) is 0 Å². The zero-order chi connectivity index (χ0) is 28.2. The molecule has 2 atom stereocenters. The molecule has 2 fully saturated rings. The van der Waals surface area contributed by atoms with Gasteiger partial charge in [-0.2, -0.15) is 17.5 Å². The number of piperazine rings is 1. The summed E-state index contributed by atoms with van der Waals surface area (Å²) in [6, 6.07) is 8.60. The molecule has 0 saturated carbocycles. The van der Waals surface area contributed by atoms with Crippen LogP contribution in [-0.4, -0.2) is 85.7 Å². The molecule has 214 valence electrons. The molecule has 0 bridgehead atoms. The summed E-state index contributed by atoms with van der Waals surface area (Å²) in [5.41, 5.74) is -0.642. The van der Waals surface area contributed by atoms with Gasteiger partial charge in [-0.05, 0) is 61.2 Å². The van der Waals surface area contributed by atoms with Crippen molar-refractivity contribution in [1.82, 2.24) is 14.1 Å². The van der Waals surface area contributed by atoms with Gasteiger partial charge in [-0.15, -0.1) is 0 Å². The first-order valence-corrected chi connectivity index (χ1v) is 14.5. The van der Waals surface area contributed by atoms with Crippen LogP contribution in [0.2, 0.25) is 5.02 Å². The number of aliphatic hydroxyl groups is 1. The number of amides is 1. The normalized spacial score (nSPS) is 21.6. The number of ether oxygens (including phenoxy) is 1. The number of halogens is 4. The van der Waals surface area contributed by atoms with E-state index in [2.05, 4.69) is 0 Å². The summed E-state index contributed by atoms with van der Waals surface area (Å²) in [5, 5.41) is 9.44. The van der Waals surface area contributed by atoms with Gasteiger partial charge in [0.1, 0.15) is 6.61 Å². The van der Waals surface area contributed by atoms with Crippen LogP contribution in [0.4, 0.5) is 18.0 Å². The Bertz CT molecular complexity index is 1240. The van der Waals surface area contributed by atoms with Crippen LogP contribution in [0.3, 0.4) is 0 Å². The van der Waals surface area contributed by atoms with Crippen molar-refractivity contribution in [3.05, 3.63) is 64.7 Å². The van der Waals surface area contributed by atoms with Crippen molar-refractivity contribution >= 4 is 27.7 Å². The fraction of sp³-hybridized carbons (Fsp3) is 0.500. The summed E-state index contributed by atoms with van der Waals surface area (Å²) in [5.74, 6) is 0. The van der Waals surface area contributed by atoms with Crippen molar-refractivity contribution in [2.75, 3.05) is 45.9 Å². The van der Waals surface area contributed by atoms with E-state index in [-0.39, 0.29) is 23.7 Å². The van der Waals surface area contributed by atoms with Crippen LogP contribution < -0.4 is 0 Å². The molecule has 1 amide bonds. The summed E-state index contributed by atoms with van der Waals surface area (Å²) >= 11 is 5.95. The summed E-state index contributed by atoms with van der Waals surface area (Å²) < 4.78 is 75.0. The second kappa shape index (κ2) is 12.4. The first-order valence-electron chi connectivity index (χ1n) is 12.7. The van der Waals surface area contributed by atoms with Gasteiger partial charge in [0.15, 0.2) is 0 Å². The maximum absolute atomic E-state index is 13.9. The number of hydrogen-bond acceptors (Lipinski definition) is 6. The van der Waals surface area contributed by atoms with Crippen molar-refractivity contribution in [1.29, 1.82) is 0 Å². The minimum atomic E-state index is -4.58. The zero-order valence-electron chi connectivity index (χ0n) is 21.2. The Labute approximate surface area is 230 Å². The third-order valence-electron chi connectivity index (χ3n) is 7.12. The summed E-state index contributed by atoms with van der Waals surface area (Å²) in [6.07, 6.45) is -3.94. The van der Waals surface area contributed by atoms with Crippen LogP contribution in [-0.2, 0) is 20.9 Å². The lowest BCUT2D eigenvalue weighted by atomic mass is 9.92. The van der Waals surface area contributed by atoms with Crippen LogP contribution >= 0.6 is 11.6 Å². The molecule has 4 rings (SSSR count). The predicted molar refractivity (Wildman–Crippen MR) is 139 cm³/mol. The van der Waals surface area contributed by atoms with Crippen LogP contribution in [0.1, 0.15) is 36.4 Å². The smallest absolute Gasteiger partial charge is 0.416 e. The standard InChI is InChI=1S/C26H31ClF3N3O5S/c27-21-7-9-23(10-8-21)39(36,37)33-22(18-38-25(35)32-13-11-31(12-14-32)15-16-34)5-2-6-24(33)19-3-1-4-20(17-19)26(28,29)30/h1,3-4,7-10,17,22,24,34H,2,5-6,11-16,18H2.